The number of benzene rings is 1. The van der Waals surface area contributed by atoms with Gasteiger partial charge in [0.25, 0.3) is 5.91 Å². The van der Waals surface area contributed by atoms with E-state index in [9.17, 15) is 30.2 Å². The molecule has 1 heterocycles. The number of phenolic OH excluding ortho intramolecular Hbond substituents is 2. The first-order chi connectivity index (χ1) is 12.2. The number of aliphatic hydroxyl groups is 1. The highest BCUT2D eigenvalue weighted by atomic mass is 16.6. The topological polar surface area (TPSA) is 182 Å². The Labute approximate surface area is 145 Å². The van der Waals surface area contributed by atoms with Gasteiger partial charge in [0.05, 0.1) is 23.0 Å². The van der Waals surface area contributed by atoms with Crippen LogP contribution in [0.1, 0.15) is 11.3 Å². The molecule has 11 heteroatoms. The number of carbonyl (C=O) groups excluding carboxylic acids is 1. The molecule has 0 fully saturated rings. The standard InChI is InChI=1S/C15H11N5O6/c1-7-5-18-12(6-17-7)19-15(24)9(4-16)13(22)8-2-10(20(25)26)14(23)11(21)3-8/h2-3,5-6,21-23H,1H3,(H,18,19,24)/b13-9-. The number of hydrogen-bond acceptors (Lipinski definition) is 9. The lowest BCUT2D eigenvalue weighted by atomic mass is 10.1. The number of nitrogens with zero attached hydrogens (tertiary/aromatic N) is 4. The zero-order valence-corrected chi connectivity index (χ0v) is 13.2. The van der Waals surface area contributed by atoms with Crippen LogP contribution in [-0.4, -0.2) is 36.1 Å². The summed E-state index contributed by atoms with van der Waals surface area (Å²) in [4.78, 5) is 29.8. The Kier molecular flexibility index (Phi) is 4.98. The smallest absolute Gasteiger partial charge is 0.315 e. The Morgan fingerprint density at radius 2 is 2.00 bits per heavy atom. The van der Waals surface area contributed by atoms with E-state index in [-0.39, 0.29) is 5.82 Å². The molecule has 0 atom stereocenters. The zero-order chi connectivity index (χ0) is 19.4. The first-order valence-electron chi connectivity index (χ1n) is 6.88. The molecule has 26 heavy (non-hydrogen) atoms. The summed E-state index contributed by atoms with van der Waals surface area (Å²) in [6, 6.07) is 2.95. The number of amides is 1. The number of nitrogens with one attached hydrogen (secondary N) is 1. The Morgan fingerprint density at radius 1 is 1.31 bits per heavy atom. The van der Waals surface area contributed by atoms with Gasteiger partial charge >= 0.3 is 5.69 Å². The lowest BCUT2D eigenvalue weighted by Gasteiger charge is -2.07. The van der Waals surface area contributed by atoms with E-state index in [0.29, 0.717) is 11.8 Å². The minimum atomic E-state index is -1.04. The third-order valence-corrected chi connectivity index (χ3v) is 3.14. The molecule has 2 rings (SSSR count). The minimum Gasteiger partial charge on any atom is -0.506 e. The lowest BCUT2D eigenvalue weighted by molar-refractivity contribution is -0.386. The van der Waals surface area contributed by atoms with Gasteiger partial charge < -0.3 is 20.6 Å². The molecule has 0 spiro atoms. The van der Waals surface area contributed by atoms with Crippen molar-refractivity contribution in [1.29, 1.82) is 5.26 Å². The van der Waals surface area contributed by atoms with Crippen molar-refractivity contribution in [3.8, 4) is 17.6 Å². The number of anilines is 1. The number of nitriles is 1. The quantitative estimate of drug-likeness (QED) is 0.157. The fraction of sp³-hybridized carbons (Fsp3) is 0.0667. The maximum Gasteiger partial charge on any atom is 0.315 e. The Bertz CT molecular complexity index is 962. The van der Waals surface area contributed by atoms with Crippen LogP contribution in [0.4, 0.5) is 11.5 Å². The average molecular weight is 357 g/mol. The van der Waals surface area contributed by atoms with Crippen LogP contribution in [0.15, 0.2) is 30.1 Å². The van der Waals surface area contributed by atoms with Gasteiger partial charge in [0, 0.05) is 11.6 Å². The van der Waals surface area contributed by atoms with E-state index in [1.54, 1.807) is 6.92 Å². The van der Waals surface area contributed by atoms with E-state index in [2.05, 4.69) is 15.3 Å². The molecule has 0 aliphatic rings. The molecule has 1 aromatic heterocycles. The normalized spacial score (nSPS) is 11.2. The van der Waals surface area contributed by atoms with Crippen LogP contribution in [0.3, 0.4) is 0 Å². The van der Waals surface area contributed by atoms with Crippen molar-refractivity contribution in [3.63, 3.8) is 0 Å². The van der Waals surface area contributed by atoms with E-state index in [1.165, 1.54) is 18.5 Å². The van der Waals surface area contributed by atoms with Crippen LogP contribution >= 0.6 is 0 Å². The lowest BCUT2D eigenvalue weighted by Crippen LogP contribution is -2.16. The van der Waals surface area contributed by atoms with E-state index in [0.717, 1.165) is 6.07 Å². The molecule has 11 nitrogen and oxygen atoms in total. The predicted octanol–water partition coefficient (Wildman–Crippen LogP) is 1.54. The number of aliphatic hydroxyl groups excluding tert-OH is 1. The van der Waals surface area contributed by atoms with Gasteiger partial charge in [-0.15, -0.1) is 0 Å². The van der Waals surface area contributed by atoms with Crippen LogP contribution in [0.25, 0.3) is 5.76 Å². The highest BCUT2D eigenvalue weighted by molar-refractivity contribution is 6.10. The molecule has 1 amide bonds. The number of phenols is 2. The maximum atomic E-state index is 12.1. The van der Waals surface area contributed by atoms with Gasteiger partial charge in [-0.2, -0.15) is 5.26 Å². The van der Waals surface area contributed by atoms with Crippen LogP contribution in [0.5, 0.6) is 11.5 Å². The summed E-state index contributed by atoms with van der Waals surface area (Å²) in [6.07, 6.45) is 2.60. The van der Waals surface area contributed by atoms with Gasteiger partial charge in [0.15, 0.2) is 17.1 Å². The molecular weight excluding hydrogens is 346 g/mol. The second kappa shape index (κ2) is 7.14. The summed E-state index contributed by atoms with van der Waals surface area (Å²) in [7, 11) is 0. The molecule has 132 valence electrons. The minimum absolute atomic E-state index is 0.0145. The molecule has 0 bridgehead atoms. The number of carbonyl (C=O) groups is 1. The van der Waals surface area contributed by atoms with Crippen molar-refractivity contribution in [3.05, 3.63) is 51.5 Å². The third kappa shape index (κ3) is 3.65. The van der Waals surface area contributed by atoms with Crippen molar-refractivity contribution in [1.82, 2.24) is 9.97 Å². The summed E-state index contributed by atoms with van der Waals surface area (Å²) in [5, 5.41) is 51.4. The van der Waals surface area contributed by atoms with Gasteiger partial charge in [0.1, 0.15) is 11.8 Å². The number of nitro groups is 1. The van der Waals surface area contributed by atoms with E-state index < -0.39 is 44.9 Å². The van der Waals surface area contributed by atoms with E-state index in [4.69, 9.17) is 5.26 Å². The highest BCUT2D eigenvalue weighted by Gasteiger charge is 2.23. The molecular formula is C15H11N5O6. The number of nitro benzene ring substituents is 1. The number of aryl methyl sites for hydroxylation is 1. The summed E-state index contributed by atoms with van der Waals surface area (Å²) in [6.45, 7) is 1.68. The molecule has 0 aliphatic carbocycles. The van der Waals surface area contributed by atoms with Gasteiger partial charge in [0.2, 0.25) is 5.75 Å². The first-order valence-corrected chi connectivity index (χ1v) is 6.88. The second-order valence-corrected chi connectivity index (χ2v) is 4.95. The van der Waals surface area contributed by atoms with Crippen molar-refractivity contribution >= 4 is 23.2 Å². The van der Waals surface area contributed by atoms with Gasteiger partial charge in [-0.3, -0.25) is 19.9 Å². The second-order valence-electron chi connectivity index (χ2n) is 4.95. The first kappa shape index (κ1) is 18.1. The molecule has 0 saturated carbocycles. The summed E-state index contributed by atoms with van der Waals surface area (Å²) in [5.41, 5.74) is -1.51. The number of hydrogen-bond donors (Lipinski definition) is 4. The highest BCUT2D eigenvalue weighted by Crippen LogP contribution is 2.38. The number of rotatable bonds is 4. The summed E-state index contributed by atoms with van der Waals surface area (Å²) in [5.74, 6) is -3.87. The number of aromatic nitrogens is 2. The maximum absolute atomic E-state index is 12.1. The van der Waals surface area contributed by atoms with Crippen LogP contribution in [-0.2, 0) is 4.79 Å². The monoisotopic (exact) mass is 357 g/mol. The fourth-order valence-electron chi connectivity index (χ4n) is 1.87. The van der Waals surface area contributed by atoms with E-state index in [1.807, 2.05) is 0 Å². The Hall–Kier alpha value is -4.20. The Balaban J connectivity index is 2.45. The predicted molar refractivity (Wildman–Crippen MR) is 87.0 cm³/mol. The molecule has 2 aromatic rings. The van der Waals surface area contributed by atoms with Crippen molar-refractivity contribution < 1.29 is 25.0 Å². The molecule has 4 N–H and O–H groups in total. The van der Waals surface area contributed by atoms with E-state index >= 15 is 0 Å². The molecule has 0 aliphatic heterocycles. The molecule has 0 saturated heterocycles. The molecule has 1 aromatic carbocycles. The zero-order valence-electron chi connectivity index (χ0n) is 13.2. The SMILES string of the molecule is Cc1cnc(NC(=O)/C(C#N)=C(\O)c2cc(O)c(O)c([N+](=O)[O-])c2)cn1. The fourth-order valence-corrected chi connectivity index (χ4v) is 1.87. The molecule has 0 unspecified atom stereocenters. The van der Waals surface area contributed by atoms with Crippen LogP contribution in [0.2, 0.25) is 0 Å². The Morgan fingerprint density at radius 3 is 2.54 bits per heavy atom. The summed E-state index contributed by atoms with van der Waals surface area (Å²) >= 11 is 0. The van der Waals surface area contributed by atoms with Crippen molar-refractivity contribution in [2.45, 2.75) is 6.92 Å². The van der Waals surface area contributed by atoms with Crippen molar-refractivity contribution in [2.24, 2.45) is 0 Å². The van der Waals surface area contributed by atoms with Crippen molar-refractivity contribution in [2.75, 3.05) is 5.32 Å². The van der Waals surface area contributed by atoms with Crippen LogP contribution < -0.4 is 5.32 Å². The van der Waals surface area contributed by atoms with Gasteiger partial charge in [-0.05, 0) is 13.0 Å². The third-order valence-electron chi connectivity index (χ3n) is 3.14. The summed E-state index contributed by atoms with van der Waals surface area (Å²) < 4.78 is 0. The average Bonchev–Trinajstić information content (AvgIpc) is 2.59. The molecule has 0 radical (unpaired) electrons. The largest absolute Gasteiger partial charge is 0.506 e. The number of aromatic hydroxyl groups is 2. The van der Waals surface area contributed by atoms with Gasteiger partial charge in [-0.25, -0.2) is 4.98 Å². The van der Waals surface area contributed by atoms with Crippen LogP contribution in [0, 0.1) is 28.4 Å². The van der Waals surface area contributed by atoms with Gasteiger partial charge in [-0.1, -0.05) is 0 Å².